The molecule has 0 aromatic heterocycles. The van der Waals surface area contributed by atoms with Gasteiger partial charge in [-0.3, -0.25) is 4.18 Å². The average molecular weight is 646 g/mol. The van der Waals surface area contributed by atoms with E-state index in [0.29, 0.717) is 24.0 Å². The van der Waals surface area contributed by atoms with Crippen molar-refractivity contribution in [2.75, 3.05) is 45.1 Å². The molecule has 0 radical (unpaired) electrons. The van der Waals surface area contributed by atoms with Crippen molar-refractivity contribution in [3.63, 3.8) is 0 Å². The highest BCUT2D eigenvalue weighted by Gasteiger charge is 2.40. The smallest absolute Gasteiger partial charge is 0.337 e. The number of nitrogens with zero attached hydrogens (tertiary/aromatic N) is 1. The largest absolute Gasteiger partial charge is 0.487 e. The first-order chi connectivity index (χ1) is 21.1. The van der Waals surface area contributed by atoms with Crippen LogP contribution in [0.1, 0.15) is 66.4 Å². The number of carbonyl (C=O) groups is 1. The zero-order chi connectivity index (χ0) is 31.3. The van der Waals surface area contributed by atoms with Crippen molar-refractivity contribution in [1.82, 2.24) is 0 Å². The van der Waals surface area contributed by atoms with Gasteiger partial charge in [0, 0.05) is 25.2 Å². The van der Waals surface area contributed by atoms with E-state index in [1.807, 2.05) is 30.3 Å². The second kappa shape index (κ2) is 14.7. The van der Waals surface area contributed by atoms with Gasteiger partial charge in [-0.1, -0.05) is 23.7 Å². The highest BCUT2D eigenvalue weighted by molar-refractivity contribution is 7.85. The van der Waals surface area contributed by atoms with E-state index >= 15 is 0 Å². The maximum atomic E-state index is 12.5. The summed E-state index contributed by atoms with van der Waals surface area (Å²) < 4.78 is 45.5. The molecule has 0 saturated heterocycles. The number of hydrogen-bond donors (Lipinski definition) is 0. The van der Waals surface area contributed by atoms with Gasteiger partial charge in [-0.15, -0.1) is 0 Å². The minimum atomic E-state index is -3.43. The van der Waals surface area contributed by atoms with E-state index in [1.165, 1.54) is 18.2 Å². The summed E-state index contributed by atoms with van der Waals surface area (Å²) in [4.78, 5) is 14.9. The van der Waals surface area contributed by atoms with Crippen molar-refractivity contribution in [2.24, 2.45) is 17.8 Å². The summed E-state index contributed by atoms with van der Waals surface area (Å²) in [5.74, 6) is 1.38. The van der Waals surface area contributed by atoms with Crippen molar-refractivity contribution in [1.29, 1.82) is 0 Å². The van der Waals surface area contributed by atoms with Gasteiger partial charge in [0.15, 0.2) is 0 Å². The number of anilines is 1. The lowest BCUT2D eigenvalue weighted by atomic mass is 9.67. The maximum absolute atomic E-state index is 12.5. The number of aryl methyl sites for hydroxylation is 1. The number of hydrogen-bond acceptors (Lipinski definition) is 8. The van der Waals surface area contributed by atoms with Crippen LogP contribution in [-0.2, 0) is 36.8 Å². The number of ether oxygens (including phenoxy) is 3. The van der Waals surface area contributed by atoms with E-state index < -0.39 is 10.1 Å². The van der Waals surface area contributed by atoms with E-state index in [0.717, 1.165) is 92.7 Å². The molecule has 240 valence electrons. The van der Waals surface area contributed by atoms with Gasteiger partial charge in [0.1, 0.15) is 12.4 Å². The Morgan fingerprint density at radius 1 is 1.07 bits per heavy atom. The third-order valence-electron chi connectivity index (χ3n) is 9.41. The first kappa shape index (κ1) is 32.8. The molecule has 0 bridgehead atoms. The predicted octanol–water partition coefficient (Wildman–Crippen LogP) is 6.59. The Morgan fingerprint density at radius 2 is 1.91 bits per heavy atom. The minimum Gasteiger partial charge on any atom is -0.487 e. The van der Waals surface area contributed by atoms with E-state index in [2.05, 4.69) is 11.0 Å². The molecular formula is C34H44ClNO7S. The number of rotatable bonds is 9. The van der Waals surface area contributed by atoms with Crippen LogP contribution in [0, 0.1) is 17.8 Å². The van der Waals surface area contributed by atoms with Crippen molar-refractivity contribution in [2.45, 2.75) is 64.1 Å². The summed E-state index contributed by atoms with van der Waals surface area (Å²) in [7, 11) is -0.238. The highest BCUT2D eigenvalue weighted by Crippen LogP contribution is 2.44. The molecule has 0 spiro atoms. The lowest BCUT2D eigenvalue weighted by Crippen LogP contribution is -2.45. The average Bonchev–Trinajstić information content (AvgIpc) is 3.03. The van der Waals surface area contributed by atoms with Crippen LogP contribution < -0.4 is 9.64 Å². The maximum Gasteiger partial charge on any atom is 0.337 e. The monoisotopic (exact) mass is 645 g/mol. The van der Waals surface area contributed by atoms with Crippen LogP contribution in [0.3, 0.4) is 0 Å². The molecule has 0 amide bonds. The Morgan fingerprint density at radius 3 is 2.59 bits per heavy atom. The van der Waals surface area contributed by atoms with Crippen LogP contribution in [0.15, 0.2) is 48.0 Å². The number of fused-ring (bicyclic) bond motifs is 2. The van der Waals surface area contributed by atoms with Gasteiger partial charge in [-0.2, -0.15) is 8.42 Å². The molecule has 2 unspecified atom stereocenters. The van der Waals surface area contributed by atoms with E-state index in [-0.39, 0.29) is 24.6 Å². The van der Waals surface area contributed by atoms with Crippen LogP contribution in [0.25, 0.3) is 0 Å². The third kappa shape index (κ3) is 8.16. The standard InChI is InChI=1S/C34H44ClNO7S/c1-40-33(24-9-7-23(8-10-24)21-43-44(3,38)39)30-15-12-27(30)20-36-17-5-4-6-25-18-29(35)14-11-28(25)22-42-32-16-13-26(19-31(32)36)34(37)41-2/h9,11,13-14,16,18-19,23,27,30,33H,4-8,10,12,15,17,20-22H2,1-3H3/t23?,27-,30+,33?/m0/s1. The van der Waals surface area contributed by atoms with Gasteiger partial charge in [0.2, 0.25) is 0 Å². The van der Waals surface area contributed by atoms with Crippen molar-refractivity contribution < 1.29 is 31.6 Å². The predicted molar refractivity (Wildman–Crippen MR) is 172 cm³/mol. The Hall–Kier alpha value is -2.59. The first-order valence-corrected chi connectivity index (χ1v) is 17.8. The number of allylic oxidation sites excluding steroid dienone is 1. The molecule has 1 aliphatic heterocycles. The topological polar surface area (TPSA) is 91.4 Å². The van der Waals surface area contributed by atoms with E-state index in [9.17, 15) is 13.2 Å². The molecule has 44 heavy (non-hydrogen) atoms. The Labute approximate surface area is 266 Å². The van der Waals surface area contributed by atoms with Crippen LogP contribution in [-0.4, -0.2) is 60.7 Å². The second-order valence-electron chi connectivity index (χ2n) is 12.3. The van der Waals surface area contributed by atoms with Gasteiger partial charge in [0.05, 0.1) is 37.3 Å². The van der Waals surface area contributed by atoms with Gasteiger partial charge in [-0.25, -0.2) is 4.79 Å². The molecule has 3 aliphatic rings. The van der Waals surface area contributed by atoms with Crippen molar-refractivity contribution in [3.8, 4) is 5.75 Å². The van der Waals surface area contributed by atoms with Crippen LogP contribution in [0.2, 0.25) is 5.02 Å². The SMILES string of the molecule is COC(=O)c1ccc2c(c1)N(C[C@@H]1CC[C@H]1C(OC)C1=CCC(COS(C)(=O)=O)CC1)CCCCc1cc(Cl)ccc1CO2. The summed E-state index contributed by atoms with van der Waals surface area (Å²) >= 11 is 6.33. The number of methoxy groups -OCH3 is 2. The van der Waals surface area contributed by atoms with Gasteiger partial charge >= 0.3 is 5.97 Å². The fourth-order valence-corrected chi connectivity index (χ4v) is 7.46. The van der Waals surface area contributed by atoms with Gasteiger partial charge < -0.3 is 19.1 Å². The molecule has 4 atom stereocenters. The lowest BCUT2D eigenvalue weighted by molar-refractivity contribution is 0.00309. The molecule has 8 nitrogen and oxygen atoms in total. The van der Waals surface area contributed by atoms with Gasteiger partial charge in [-0.05, 0) is 116 Å². The van der Waals surface area contributed by atoms with Crippen molar-refractivity contribution in [3.05, 3.63) is 69.8 Å². The summed E-state index contributed by atoms with van der Waals surface area (Å²) in [5, 5.41) is 0.734. The quantitative estimate of drug-likeness (QED) is 0.171. The summed E-state index contributed by atoms with van der Waals surface area (Å²) in [6.07, 6.45) is 11.1. The number of halogens is 1. The molecule has 0 N–H and O–H groups in total. The normalized spacial score (nSPS) is 23.1. The molecule has 1 fully saturated rings. The zero-order valence-corrected chi connectivity index (χ0v) is 27.5. The van der Waals surface area contributed by atoms with E-state index in [1.54, 1.807) is 13.2 Å². The molecule has 2 aromatic rings. The summed E-state index contributed by atoms with van der Waals surface area (Å²) in [6.45, 7) is 2.33. The highest BCUT2D eigenvalue weighted by atomic mass is 35.5. The van der Waals surface area contributed by atoms with Gasteiger partial charge in [0.25, 0.3) is 10.1 Å². The lowest BCUT2D eigenvalue weighted by Gasteiger charge is -2.45. The van der Waals surface area contributed by atoms with Crippen molar-refractivity contribution >= 4 is 33.4 Å². The van der Waals surface area contributed by atoms with E-state index in [4.69, 9.17) is 30.0 Å². The molecule has 10 heteroatoms. The molecular weight excluding hydrogens is 602 g/mol. The van der Waals surface area contributed by atoms with Crippen LogP contribution in [0.4, 0.5) is 5.69 Å². The first-order valence-electron chi connectivity index (χ1n) is 15.6. The summed E-state index contributed by atoms with van der Waals surface area (Å²) in [5.41, 5.74) is 5.06. The fourth-order valence-electron chi connectivity index (χ4n) is 6.83. The zero-order valence-electron chi connectivity index (χ0n) is 25.9. The van der Waals surface area contributed by atoms with Crippen LogP contribution >= 0.6 is 11.6 Å². The molecule has 1 saturated carbocycles. The summed E-state index contributed by atoms with van der Waals surface area (Å²) in [6, 6.07) is 11.6. The van der Waals surface area contributed by atoms with Crippen LogP contribution in [0.5, 0.6) is 5.75 Å². The number of benzene rings is 2. The minimum absolute atomic E-state index is 0.0332. The molecule has 2 aromatic carbocycles. The number of esters is 1. The Balaban J connectivity index is 1.34. The molecule has 1 heterocycles. The molecule has 2 aliphatic carbocycles. The Bertz CT molecular complexity index is 1460. The molecule has 5 rings (SSSR count). The fraction of sp³-hybridized carbons (Fsp3) is 0.559. The Kier molecular flexibility index (Phi) is 10.9. The number of carbonyl (C=O) groups excluding carboxylic acids is 1. The third-order valence-corrected chi connectivity index (χ3v) is 10.2. The second-order valence-corrected chi connectivity index (χ2v) is 14.4.